The molecule has 8 aromatic rings. The van der Waals surface area contributed by atoms with Crippen LogP contribution in [0, 0.1) is 28.4 Å². The third kappa shape index (κ3) is 11.9. The molecule has 0 saturated heterocycles. The second-order valence-corrected chi connectivity index (χ2v) is 27.3. The third-order valence-corrected chi connectivity index (χ3v) is 17.1. The Bertz CT molecular complexity index is 3370. The Morgan fingerprint density at radius 3 is 1.25 bits per heavy atom. The second-order valence-electron chi connectivity index (χ2n) is 27.3. The van der Waals surface area contributed by atoms with E-state index in [0.29, 0.717) is 33.8 Å². The van der Waals surface area contributed by atoms with E-state index >= 15 is 8.78 Å². The van der Waals surface area contributed by atoms with Crippen molar-refractivity contribution in [2.75, 3.05) is 13.2 Å². The molecule has 0 heterocycles. The average molecular weight is 1080 g/mol. The standard InChI is InChI=1S/C74H84F2O4/c1-12-21-46(42-79-65-32-30-53(75)40-59(65)61-36-51(73(8,9)44-71(2,3)4)38-63(69(61)77)67-55-26-17-13-22-47(55)34-48-23-14-18-27-56(48)67)43-80-66-33-31-54(76)41-60(66)62-37-52(74(10,11)45-72(5,6)7)39-64(70(62)78)68-57-28-19-15-24-49(57)35-50-25-16-20-29-58(50)68/h13,15,17,19,22,24,26,28,30-41,46,77-78H,12,14,16,18,20-21,23,25,27,29,42-45H2,1-11H3. The lowest BCUT2D eigenvalue weighted by Gasteiger charge is -2.34. The van der Waals surface area contributed by atoms with Crippen LogP contribution in [0.2, 0.25) is 0 Å². The Morgan fingerprint density at radius 2 is 0.850 bits per heavy atom. The first-order chi connectivity index (χ1) is 38.0. The summed E-state index contributed by atoms with van der Waals surface area (Å²) in [7, 11) is 0. The minimum Gasteiger partial charge on any atom is -0.507 e. The highest BCUT2D eigenvalue weighted by Gasteiger charge is 2.34. The SMILES string of the molecule is CCCC(COc1ccc(F)cc1-c1cc(C(C)(C)CC(C)(C)C)cc(-c2c3c(cc4ccccc24)CCCC3)c1O)COc1ccc(F)cc1-c1cc(C(C)(C)CC(C)(C)C)cc(-c2c3c(cc4ccccc24)CCCC3)c1O. The van der Waals surface area contributed by atoms with Gasteiger partial charge in [-0.3, -0.25) is 0 Å². The molecule has 0 radical (unpaired) electrons. The zero-order valence-corrected chi connectivity index (χ0v) is 49.5. The molecule has 4 nitrogen and oxygen atoms in total. The number of aryl methyl sites for hydroxylation is 2. The monoisotopic (exact) mass is 1070 g/mol. The molecule has 0 fully saturated rings. The number of aromatic hydroxyl groups is 2. The molecule has 80 heavy (non-hydrogen) atoms. The fraction of sp³-hybridized carbons (Fsp3) is 0.405. The summed E-state index contributed by atoms with van der Waals surface area (Å²) >= 11 is 0. The summed E-state index contributed by atoms with van der Waals surface area (Å²) in [6.07, 6.45) is 11.6. The molecule has 2 aliphatic carbocycles. The van der Waals surface area contributed by atoms with Crippen LogP contribution in [0.25, 0.3) is 66.1 Å². The van der Waals surface area contributed by atoms with Crippen LogP contribution >= 0.6 is 0 Å². The normalized spacial score (nSPS) is 14.2. The molecule has 0 atom stereocenters. The predicted octanol–water partition coefficient (Wildman–Crippen LogP) is 20.4. The van der Waals surface area contributed by atoms with Gasteiger partial charge in [-0.2, -0.15) is 0 Å². The molecule has 8 aromatic carbocycles. The van der Waals surface area contributed by atoms with Crippen molar-refractivity contribution >= 4 is 21.5 Å². The van der Waals surface area contributed by atoms with Crippen molar-refractivity contribution in [3.8, 4) is 67.5 Å². The molecule has 0 aliphatic heterocycles. The van der Waals surface area contributed by atoms with Gasteiger partial charge in [0.15, 0.2) is 0 Å². The van der Waals surface area contributed by atoms with Crippen molar-refractivity contribution in [1.82, 2.24) is 0 Å². The largest absolute Gasteiger partial charge is 0.507 e. The van der Waals surface area contributed by atoms with Gasteiger partial charge in [0.1, 0.15) is 34.6 Å². The van der Waals surface area contributed by atoms with E-state index in [-0.39, 0.29) is 52.3 Å². The summed E-state index contributed by atoms with van der Waals surface area (Å²) in [6, 6.07) is 39.3. The molecule has 2 aliphatic rings. The van der Waals surface area contributed by atoms with E-state index in [1.54, 1.807) is 12.1 Å². The number of ether oxygens (including phenoxy) is 2. The topological polar surface area (TPSA) is 58.9 Å². The molecule has 10 rings (SSSR count). The summed E-state index contributed by atoms with van der Waals surface area (Å²) < 4.78 is 45.4. The predicted molar refractivity (Wildman–Crippen MR) is 330 cm³/mol. The third-order valence-electron chi connectivity index (χ3n) is 17.1. The van der Waals surface area contributed by atoms with E-state index in [2.05, 4.69) is 161 Å². The first-order valence-electron chi connectivity index (χ1n) is 29.7. The molecule has 0 unspecified atom stereocenters. The van der Waals surface area contributed by atoms with E-state index in [1.165, 1.54) is 46.5 Å². The number of hydrogen-bond donors (Lipinski definition) is 2. The van der Waals surface area contributed by atoms with Gasteiger partial charge in [-0.25, -0.2) is 8.78 Å². The molecule has 0 bridgehead atoms. The lowest BCUT2D eigenvalue weighted by Crippen LogP contribution is -2.25. The van der Waals surface area contributed by atoms with Crippen molar-refractivity contribution in [1.29, 1.82) is 0 Å². The quantitative estimate of drug-likeness (QED) is 0.101. The molecule has 418 valence electrons. The minimum atomic E-state index is -0.426. The molecule has 0 saturated carbocycles. The van der Waals surface area contributed by atoms with Gasteiger partial charge in [0.25, 0.3) is 0 Å². The molecule has 0 amide bonds. The average Bonchev–Trinajstić information content (AvgIpc) is 3.40. The number of rotatable bonds is 16. The Labute approximate surface area is 475 Å². The molecule has 6 heteroatoms. The summed E-state index contributed by atoms with van der Waals surface area (Å²) in [5.41, 5.74) is 12.4. The van der Waals surface area contributed by atoms with E-state index in [4.69, 9.17) is 9.47 Å². The van der Waals surface area contributed by atoms with Gasteiger partial charge in [-0.05, 0) is 219 Å². The first-order valence-corrected chi connectivity index (χ1v) is 29.7. The molecular formula is C74H84F2O4. The Morgan fingerprint density at radius 1 is 0.463 bits per heavy atom. The van der Waals surface area contributed by atoms with Crippen molar-refractivity contribution in [3.63, 3.8) is 0 Å². The van der Waals surface area contributed by atoms with Crippen LogP contribution in [-0.2, 0) is 36.5 Å². The van der Waals surface area contributed by atoms with Gasteiger partial charge >= 0.3 is 0 Å². The number of phenols is 2. The van der Waals surface area contributed by atoms with Crippen LogP contribution in [0.4, 0.5) is 8.78 Å². The highest BCUT2D eigenvalue weighted by atomic mass is 19.1. The van der Waals surface area contributed by atoms with Gasteiger partial charge in [-0.15, -0.1) is 0 Å². The van der Waals surface area contributed by atoms with Gasteiger partial charge in [0, 0.05) is 39.3 Å². The second kappa shape index (κ2) is 22.4. The lowest BCUT2D eigenvalue weighted by molar-refractivity contribution is 0.169. The fourth-order valence-corrected chi connectivity index (χ4v) is 14.2. The van der Waals surface area contributed by atoms with Crippen LogP contribution in [0.5, 0.6) is 23.0 Å². The molecular weight excluding hydrogens is 991 g/mol. The highest BCUT2D eigenvalue weighted by Crippen LogP contribution is 2.52. The number of benzene rings is 8. The summed E-state index contributed by atoms with van der Waals surface area (Å²) in [5, 5.41) is 30.2. The summed E-state index contributed by atoms with van der Waals surface area (Å²) in [5.74, 6) is 0.150. The lowest BCUT2D eigenvalue weighted by atomic mass is 9.71. The highest BCUT2D eigenvalue weighted by molar-refractivity contribution is 6.04. The van der Waals surface area contributed by atoms with Gasteiger partial charge in [-0.1, -0.05) is 143 Å². The maximum Gasteiger partial charge on any atom is 0.131 e. The zero-order valence-electron chi connectivity index (χ0n) is 49.5. The van der Waals surface area contributed by atoms with Crippen LogP contribution in [0.1, 0.15) is 161 Å². The van der Waals surface area contributed by atoms with Crippen molar-refractivity contribution in [2.45, 2.75) is 164 Å². The van der Waals surface area contributed by atoms with Gasteiger partial charge < -0.3 is 19.7 Å². The molecule has 2 N–H and O–H groups in total. The van der Waals surface area contributed by atoms with E-state index < -0.39 is 11.6 Å². The Kier molecular flexibility index (Phi) is 15.8. The van der Waals surface area contributed by atoms with E-state index in [1.807, 2.05) is 0 Å². The van der Waals surface area contributed by atoms with Gasteiger partial charge in [0.05, 0.1) is 13.2 Å². The van der Waals surface area contributed by atoms with Crippen molar-refractivity contribution in [2.24, 2.45) is 16.7 Å². The number of halogens is 2. The Balaban J connectivity index is 1.03. The van der Waals surface area contributed by atoms with Crippen molar-refractivity contribution in [3.05, 3.63) is 166 Å². The molecule has 0 spiro atoms. The number of fused-ring (bicyclic) bond motifs is 4. The first kappa shape index (κ1) is 56.6. The summed E-state index contributed by atoms with van der Waals surface area (Å²) in [6.45, 7) is 25.2. The van der Waals surface area contributed by atoms with Crippen molar-refractivity contribution < 1.29 is 28.5 Å². The van der Waals surface area contributed by atoms with Crippen LogP contribution in [-0.4, -0.2) is 23.4 Å². The van der Waals surface area contributed by atoms with E-state index in [9.17, 15) is 10.2 Å². The van der Waals surface area contributed by atoms with Crippen LogP contribution < -0.4 is 9.47 Å². The van der Waals surface area contributed by atoms with Crippen LogP contribution in [0.15, 0.2) is 121 Å². The number of phenolic OH excluding ortho intramolecular Hbond substituents is 2. The smallest absolute Gasteiger partial charge is 0.131 e. The maximum atomic E-state index is 15.9. The van der Waals surface area contributed by atoms with Gasteiger partial charge in [0.2, 0.25) is 0 Å². The van der Waals surface area contributed by atoms with Crippen LogP contribution in [0.3, 0.4) is 0 Å². The number of hydrogen-bond acceptors (Lipinski definition) is 4. The van der Waals surface area contributed by atoms with E-state index in [0.717, 1.165) is 132 Å². The zero-order chi connectivity index (χ0) is 56.9. The Hall–Kier alpha value is -6.66. The fourth-order valence-electron chi connectivity index (χ4n) is 14.2. The summed E-state index contributed by atoms with van der Waals surface area (Å²) in [4.78, 5) is 0. The minimum absolute atomic E-state index is 0.00581. The molecule has 0 aromatic heterocycles. The maximum absolute atomic E-state index is 15.9.